The highest BCUT2D eigenvalue weighted by Crippen LogP contribution is 2.11. The zero-order valence-corrected chi connectivity index (χ0v) is 9.18. The first-order valence-corrected chi connectivity index (χ1v) is 5.17. The molecule has 1 aliphatic heterocycles. The topological polar surface area (TPSA) is 65.4 Å². The molecule has 2 rings (SSSR count). The molecule has 0 spiro atoms. The minimum Gasteiger partial charge on any atom is -0.375 e. The molecule has 0 saturated carbocycles. The summed E-state index contributed by atoms with van der Waals surface area (Å²) in [7, 11) is 1.49. The van der Waals surface area contributed by atoms with Crippen molar-refractivity contribution in [2.45, 2.75) is 19.3 Å². The van der Waals surface area contributed by atoms with E-state index in [1.54, 1.807) is 6.20 Å². The predicted octanol–water partition coefficient (Wildman–Crippen LogP) is -0.455. The van der Waals surface area contributed by atoms with E-state index >= 15 is 0 Å². The minimum atomic E-state index is -0.123. The summed E-state index contributed by atoms with van der Waals surface area (Å²) in [5.74, 6) is 0.807. The van der Waals surface area contributed by atoms with E-state index < -0.39 is 0 Å². The third-order valence-corrected chi connectivity index (χ3v) is 2.45. The van der Waals surface area contributed by atoms with Crippen LogP contribution in [-0.2, 0) is 27.4 Å². The molecule has 1 atom stereocenters. The number of imidazole rings is 1. The Hall–Kier alpha value is -1.40. The smallest absolute Gasteiger partial charge is 0.246 e. The summed E-state index contributed by atoms with van der Waals surface area (Å²) < 4.78 is 12.3. The van der Waals surface area contributed by atoms with Crippen LogP contribution in [0.15, 0.2) is 12.4 Å². The Morgan fingerprint density at radius 1 is 1.81 bits per heavy atom. The van der Waals surface area contributed by atoms with Crippen molar-refractivity contribution < 1.29 is 14.3 Å². The van der Waals surface area contributed by atoms with Gasteiger partial charge < -0.3 is 19.4 Å². The number of hydrogen-bond donors (Lipinski definition) is 1. The first-order valence-electron chi connectivity index (χ1n) is 5.17. The van der Waals surface area contributed by atoms with E-state index in [0.29, 0.717) is 13.2 Å². The van der Waals surface area contributed by atoms with Gasteiger partial charge in [0.25, 0.3) is 0 Å². The lowest BCUT2D eigenvalue weighted by Crippen LogP contribution is -2.39. The van der Waals surface area contributed by atoms with Crippen LogP contribution in [0.4, 0.5) is 0 Å². The normalized spacial score (nSPS) is 19.2. The summed E-state index contributed by atoms with van der Waals surface area (Å²) in [6, 6.07) is 0. The maximum absolute atomic E-state index is 11.2. The molecule has 1 aliphatic rings. The number of aromatic nitrogens is 2. The van der Waals surface area contributed by atoms with Gasteiger partial charge in [0.05, 0.1) is 12.6 Å². The zero-order chi connectivity index (χ0) is 11.4. The van der Waals surface area contributed by atoms with Gasteiger partial charge in [0, 0.05) is 26.0 Å². The number of fused-ring (bicyclic) bond motifs is 1. The molecule has 1 N–H and O–H groups in total. The van der Waals surface area contributed by atoms with Gasteiger partial charge in [-0.05, 0) is 0 Å². The molecule has 1 amide bonds. The van der Waals surface area contributed by atoms with Crippen molar-refractivity contribution in [3.63, 3.8) is 0 Å². The number of nitrogens with one attached hydrogen (secondary N) is 1. The number of methoxy groups -OCH3 is 1. The van der Waals surface area contributed by atoms with Gasteiger partial charge in [-0.15, -0.1) is 0 Å². The maximum atomic E-state index is 11.2. The number of ether oxygens (including phenoxy) is 2. The Kier molecular flexibility index (Phi) is 3.53. The van der Waals surface area contributed by atoms with Crippen LogP contribution in [0.25, 0.3) is 0 Å². The van der Waals surface area contributed by atoms with Crippen molar-refractivity contribution in [3.05, 3.63) is 18.2 Å². The Morgan fingerprint density at radius 3 is 3.50 bits per heavy atom. The maximum Gasteiger partial charge on any atom is 0.246 e. The van der Waals surface area contributed by atoms with Crippen LogP contribution in [0.1, 0.15) is 5.82 Å². The molecule has 0 aliphatic carbocycles. The van der Waals surface area contributed by atoms with Gasteiger partial charge >= 0.3 is 0 Å². The summed E-state index contributed by atoms with van der Waals surface area (Å²) in [6.07, 6.45) is 3.68. The summed E-state index contributed by atoms with van der Waals surface area (Å²) in [5, 5.41) is 2.75. The summed E-state index contributed by atoms with van der Waals surface area (Å²) in [4.78, 5) is 15.3. The SMILES string of the molecule is COCC(=O)NC[C@H]1Cn2ccnc2CO1. The molecule has 0 fully saturated rings. The number of carbonyl (C=O) groups is 1. The van der Waals surface area contributed by atoms with E-state index in [9.17, 15) is 4.79 Å². The lowest BCUT2D eigenvalue weighted by Gasteiger charge is -2.24. The van der Waals surface area contributed by atoms with Crippen molar-refractivity contribution in [1.29, 1.82) is 0 Å². The quantitative estimate of drug-likeness (QED) is 0.753. The fourth-order valence-corrected chi connectivity index (χ4v) is 1.64. The first-order chi connectivity index (χ1) is 7.79. The van der Waals surface area contributed by atoms with Crippen LogP contribution >= 0.6 is 0 Å². The van der Waals surface area contributed by atoms with E-state index in [2.05, 4.69) is 10.3 Å². The summed E-state index contributed by atoms with van der Waals surface area (Å²) >= 11 is 0. The van der Waals surface area contributed by atoms with E-state index in [1.165, 1.54) is 7.11 Å². The van der Waals surface area contributed by atoms with Crippen LogP contribution in [0.2, 0.25) is 0 Å². The molecule has 16 heavy (non-hydrogen) atoms. The Balaban J connectivity index is 1.79. The molecule has 1 aromatic heterocycles. The Morgan fingerprint density at radius 2 is 2.69 bits per heavy atom. The Bertz CT molecular complexity index is 364. The molecule has 0 saturated heterocycles. The average Bonchev–Trinajstić information content (AvgIpc) is 2.74. The fraction of sp³-hybridized carbons (Fsp3) is 0.600. The summed E-state index contributed by atoms with van der Waals surface area (Å²) in [5.41, 5.74) is 0. The molecule has 2 heterocycles. The fourth-order valence-electron chi connectivity index (χ4n) is 1.64. The third-order valence-electron chi connectivity index (χ3n) is 2.45. The zero-order valence-electron chi connectivity index (χ0n) is 9.18. The molecule has 0 aromatic carbocycles. The number of amides is 1. The van der Waals surface area contributed by atoms with E-state index in [-0.39, 0.29) is 18.6 Å². The number of carbonyl (C=O) groups excluding carboxylic acids is 1. The van der Waals surface area contributed by atoms with Crippen molar-refractivity contribution in [1.82, 2.24) is 14.9 Å². The molecule has 6 heteroatoms. The molecule has 1 aromatic rings. The van der Waals surface area contributed by atoms with Crippen molar-refractivity contribution >= 4 is 5.91 Å². The van der Waals surface area contributed by atoms with E-state index in [1.807, 2.05) is 10.8 Å². The highest BCUT2D eigenvalue weighted by Gasteiger charge is 2.19. The molecule has 0 radical (unpaired) electrons. The molecule has 0 bridgehead atoms. The van der Waals surface area contributed by atoms with Gasteiger partial charge in [-0.1, -0.05) is 0 Å². The number of rotatable bonds is 4. The van der Waals surface area contributed by atoms with Gasteiger partial charge in [-0.3, -0.25) is 4.79 Å². The first kappa shape index (κ1) is 11.1. The average molecular weight is 225 g/mol. The minimum absolute atomic E-state index is 0.00232. The standard InChI is InChI=1S/C10H15N3O3/c1-15-7-10(14)12-4-8-5-13-3-2-11-9(13)6-16-8/h2-3,8H,4-7H2,1H3,(H,12,14)/t8-/m0/s1. The second-order valence-electron chi connectivity index (χ2n) is 3.67. The van der Waals surface area contributed by atoms with Crippen LogP contribution in [-0.4, -0.2) is 41.8 Å². The van der Waals surface area contributed by atoms with E-state index in [0.717, 1.165) is 12.4 Å². The van der Waals surface area contributed by atoms with Crippen LogP contribution in [0.5, 0.6) is 0 Å². The molecule has 6 nitrogen and oxygen atoms in total. The van der Waals surface area contributed by atoms with Crippen LogP contribution in [0.3, 0.4) is 0 Å². The molecule has 0 unspecified atom stereocenters. The highest BCUT2D eigenvalue weighted by atomic mass is 16.5. The van der Waals surface area contributed by atoms with Gasteiger partial charge in [0.15, 0.2) is 0 Å². The lowest BCUT2D eigenvalue weighted by molar-refractivity contribution is -0.125. The number of hydrogen-bond acceptors (Lipinski definition) is 4. The molecular weight excluding hydrogens is 210 g/mol. The lowest BCUT2D eigenvalue weighted by atomic mass is 10.3. The largest absolute Gasteiger partial charge is 0.375 e. The van der Waals surface area contributed by atoms with Crippen LogP contribution < -0.4 is 5.32 Å². The van der Waals surface area contributed by atoms with Gasteiger partial charge in [-0.25, -0.2) is 4.98 Å². The highest BCUT2D eigenvalue weighted by molar-refractivity contribution is 5.77. The van der Waals surface area contributed by atoms with E-state index in [4.69, 9.17) is 9.47 Å². The van der Waals surface area contributed by atoms with Gasteiger partial charge in [0.1, 0.15) is 19.0 Å². The molecular formula is C10H15N3O3. The van der Waals surface area contributed by atoms with Crippen molar-refractivity contribution in [3.8, 4) is 0 Å². The van der Waals surface area contributed by atoms with Crippen molar-refractivity contribution in [2.75, 3.05) is 20.3 Å². The van der Waals surface area contributed by atoms with Crippen LogP contribution in [0, 0.1) is 0 Å². The monoisotopic (exact) mass is 225 g/mol. The third kappa shape index (κ3) is 2.59. The second kappa shape index (κ2) is 5.09. The predicted molar refractivity (Wildman–Crippen MR) is 55.7 cm³/mol. The van der Waals surface area contributed by atoms with Gasteiger partial charge in [-0.2, -0.15) is 0 Å². The molecule has 88 valence electrons. The number of nitrogens with zero attached hydrogens (tertiary/aromatic N) is 2. The second-order valence-corrected chi connectivity index (χ2v) is 3.67. The van der Waals surface area contributed by atoms with Gasteiger partial charge in [0.2, 0.25) is 5.91 Å². The van der Waals surface area contributed by atoms with Crippen molar-refractivity contribution in [2.24, 2.45) is 0 Å². The Labute approximate surface area is 93.6 Å². The summed E-state index contributed by atoms with van der Waals surface area (Å²) in [6.45, 7) is 1.81.